The van der Waals surface area contributed by atoms with E-state index in [0.29, 0.717) is 5.92 Å². The van der Waals surface area contributed by atoms with Gasteiger partial charge in [-0.25, -0.2) is 9.97 Å². The van der Waals surface area contributed by atoms with Crippen LogP contribution in [-0.4, -0.2) is 52.8 Å². The second kappa shape index (κ2) is 7.02. The lowest BCUT2D eigenvalue weighted by atomic mass is 9.71. The molecule has 25 heavy (non-hydrogen) atoms. The first-order valence-electron chi connectivity index (χ1n) is 9.07. The van der Waals surface area contributed by atoms with Crippen molar-refractivity contribution < 1.29 is 5.11 Å². The fourth-order valence-electron chi connectivity index (χ4n) is 4.42. The van der Waals surface area contributed by atoms with E-state index >= 15 is 0 Å². The largest absolute Gasteiger partial charge is 0.396 e. The highest BCUT2D eigenvalue weighted by Crippen LogP contribution is 2.45. The van der Waals surface area contributed by atoms with E-state index in [1.54, 1.807) is 12.5 Å². The molecule has 4 rings (SSSR count). The molecule has 0 radical (unpaired) electrons. The van der Waals surface area contributed by atoms with Gasteiger partial charge in [0.05, 0.1) is 0 Å². The van der Waals surface area contributed by atoms with Gasteiger partial charge in [0.25, 0.3) is 0 Å². The lowest BCUT2D eigenvalue weighted by Crippen LogP contribution is -2.44. The Morgan fingerprint density at radius 1 is 1.32 bits per heavy atom. The standard InChI is InChI=1S/C19H26N4OS/c1-15-3-9-25-17(15)11-22-7-4-19(5-8-22)13-23(10-16(19)12-24)18-2-6-20-14-21-18/h2-3,6,9,14,16,24H,4-5,7-8,10-13H2,1H3. The summed E-state index contributed by atoms with van der Waals surface area (Å²) in [5.41, 5.74) is 1.63. The summed E-state index contributed by atoms with van der Waals surface area (Å²) in [6.07, 6.45) is 5.72. The highest BCUT2D eigenvalue weighted by Gasteiger charge is 2.47. The third kappa shape index (κ3) is 3.30. The number of aliphatic hydroxyl groups excluding tert-OH is 1. The van der Waals surface area contributed by atoms with Gasteiger partial charge in [0.15, 0.2) is 0 Å². The molecule has 4 heterocycles. The number of aryl methyl sites for hydroxylation is 1. The number of nitrogens with zero attached hydrogens (tertiary/aromatic N) is 4. The minimum atomic E-state index is 0.223. The van der Waals surface area contributed by atoms with E-state index < -0.39 is 0 Å². The van der Waals surface area contributed by atoms with Gasteiger partial charge in [-0.3, -0.25) is 4.90 Å². The normalized spacial score (nSPS) is 23.4. The first-order valence-corrected chi connectivity index (χ1v) is 9.95. The number of rotatable bonds is 4. The lowest BCUT2D eigenvalue weighted by molar-refractivity contribution is 0.0510. The van der Waals surface area contributed by atoms with Crippen molar-refractivity contribution in [2.24, 2.45) is 11.3 Å². The van der Waals surface area contributed by atoms with E-state index in [0.717, 1.165) is 51.4 Å². The van der Waals surface area contributed by atoms with Crippen molar-refractivity contribution in [3.63, 3.8) is 0 Å². The number of aromatic nitrogens is 2. The van der Waals surface area contributed by atoms with Gasteiger partial charge in [-0.1, -0.05) is 0 Å². The molecular formula is C19H26N4OS. The molecule has 2 fully saturated rings. The monoisotopic (exact) mass is 358 g/mol. The molecule has 6 heteroatoms. The van der Waals surface area contributed by atoms with Crippen molar-refractivity contribution in [2.75, 3.05) is 37.7 Å². The molecular weight excluding hydrogens is 332 g/mol. The predicted molar refractivity (Wildman–Crippen MR) is 101 cm³/mol. The van der Waals surface area contributed by atoms with Crippen LogP contribution in [0.5, 0.6) is 0 Å². The van der Waals surface area contributed by atoms with Crippen LogP contribution in [0.4, 0.5) is 5.82 Å². The van der Waals surface area contributed by atoms with Gasteiger partial charge >= 0.3 is 0 Å². The Bertz CT molecular complexity index is 696. The van der Waals surface area contributed by atoms with Gasteiger partial charge in [-0.2, -0.15) is 0 Å². The molecule has 5 nitrogen and oxygen atoms in total. The van der Waals surface area contributed by atoms with E-state index in [1.165, 1.54) is 10.4 Å². The van der Waals surface area contributed by atoms with Crippen LogP contribution in [0.1, 0.15) is 23.3 Å². The van der Waals surface area contributed by atoms with E-state index in [2.05, 4.69) is 38.1 Å². The third-order valence-electron chi connectivity index (χ3n) is 6.11. The quantitative estimate of drug-likeness (QED) is 0.910. The van der Waals surface area contributed by atoms with Crippen LogP contribution in [0.15, 0.2) is 30.0 Å². The van der Waals surface area contributed by atoms with Crippen molar-refractivity contribution in [1.82, 2.24) is 14.9 Å². The van der Waals surface area contributed by atoms with E-state index in [-0.39, 0.29) is 12.0 Å². The maximum Gasteiger partial charge on any atom is 0.131 e. The Balaban J connectivity index is 1.43. The fourth-order valence-corrected chi connectivity index (χ4v) is 5.37. The molecule has 1 spiro atoms. The second-order valence-electron chi connectivity index (χ2n) is 7.49. The maximum absolute atomic E-state index is 9.99. The van der Waals surface area contributed by atoms with Crippen LogP contribution in [0.2, 0.25) is 0 Å². The molecule has 1 atom stereocenters. The van der Waals surface area contributed by atoms with Crippen LogP contribution in [0, 0.1) is 18.3 Å². The Kier molecular flexibility index (Phi) is 4.75. The minimum absolute atomic E-state index is 0.223. The molecule has 0 amide bonds. The number of piperidine rings is 1. The van der Waals surface area contributed by atoms with Crippen molar-refractivity contribution in [2.45, 2.75) is 26.3 Å². The number of thiophene rings is 1. The molecule has 0 bridgehead atoms. The summed E-state index contributed by atoms with van der Waals surface area (Å²) in [6, 6.07) is 4.19. The number of hydrogen-bond donors (Lipinski definition) is 1. The fraction of sp³-hybridized carbons (Fsp3) is 0.579. The molecule has 2 aromatic heterocycles. The summed E-state index contributed by atoms with van der Waals surface area (Å²) in [5.74, 6) is 1.33. The maximum atomic E-state index is 9.99. The smallest absolute Gasteiger partial charge is 0.131 e. The summed E-state index contributed by atoms with van der Waals surface area (Å²) in [7, 11) is 0. The summed E-state index contributed by atoms with van der Waals surface area (Å²) < 4.78 is 0. The molecule has 2 aliphatic heterocycles. The zero-order valence-corrected chi connectivity index (χ0v) is 15.6. The molecule has 0 saturated carbocycles. The van der Waals surface area contributed by atoms with Crippen molar-refractivity contribution >= 4 is 17.2 Å². The Labute approximate surface area is 153 Å². The summed E-state index contributed by atoms with van der Waals surface area (Å²) >= 11 is 1.87. The van der Waals surface area contributed by atoms with Crippen LogP contribution >= 0.6 is 11.3 Å². The van der Waals surface area contributed by atoms with Gasteiger partial charge in [0.2, 0.25) is 0 Å². The van der Waals surface area contributed by atoms with Crippen LogP contribution in [0.25, 0.3) is 0 Å². The van der Waals surface area contributed by atoms with Crippen molar-refractivity contribution in [3.8, 4) is 0 Å². The van der Waals surface area contributed by atoms with Gasteiger partial charge < -0.3 is 10.0 Å². The summed E-state index contributed by atoms with van der Waals surface area (Å²) in [6.45, 7) is 7.68. The number of hydrogen-bond acceptors (Lipinski definition) is 6. The van der Waals surface area contributed by atoms with E-state index in [4.69, 9.17) is 0 Å². The van der Waals surface area contributed by atoms with Gasteiger partial charge in [0, 0.05) is 43.2 Å². The number of anilines is 1. The lowest BCUT2D eigenvalue weighted by Gasteiger charge is -2.42. The first kappa shape index (κ1) is 16.9. The third-order valence-corrected chi connectivity index (χ3v) is 7.12. The van der Waals surface area contributed by atoms with Gasteiger partial charge in [-0.15, -0.1) is 11.3 Å². The molecule has 0 aromatic carbocycles. The van der Waals surface area contributed by atoms with Crippen LogP contribution in [0.3, 0.4) is 0 Å². The second-order valence-corrected chi connectivity index (χ2v) is 8.49. The topological polar surface area (TPSA) is 52.5 Å². The molecule has 2 aliphatic rings. The van der Waals surface area contributed by atoms with Crippen LogP contribution in [-0.2, 0) is 6.54 Å². The van der Waals surface area contributed by atoms with Gasteiger partial charge in [-0.05, 0) is 61.3 Å². The Hall–Kier alpha value is -1.50. The van der Waals surface area contributed by atoms with Crippen LogP contribution < -0.4 is 4.90 Å². The first-order chi connectivity index (χ1) is 12.2. The summed E-state index contributed by atoms with van der Waals surface area (Å²) in [5, 5.41) is 12.2. The zero-order chi connectivity index (χ0) is 17.3. The van der Waals surface area contributed by atoms with Crippen molar-refractivity contribution in [1.29, 1.82) is 0 Å². The molecule has 0 aliphatic carbocycles. The molecule has 1 N–H and O–H groups in total. The van der Waals surface area contributed by atoms with Gasteiger partial charge in [0.1, 0.15) is 12.1 Å². The van der Waals surface area contributed by atoms with Crippen molar-refractivity contribution in [3.05, 3.63) is 40.5 Å². The SMILES string of the molecule is Cc1ccsc1CN1CCC2(CC1)CN(c1ccncn1)CC2CO. The predicted octanol–water partition coefficient (Wildman–Crippen LogP) is 2.56. The molecule has 1 unspecified atom stereocenters. The number of likely N-dealkylation sites (tertiary alicyclic amines) is 1. The van der Waals surface area contributed by atoms with E-state index in [9.17, 15) is 5.11 Å². The summed E-state index contributed by atoms with van der Waals surface area (Å²) in [4.78, 5) is 14.8. The zero-order valence-electron chi connectivity index (χ0n) is 14.8. The molecule has 2 saturated heterocycles. The van der Waals surface area contributed by atoms with E-state index in [1.807, 2.05) is 17.4 Å². The molecule has 134 valence electrons. The minimum Gasteiger partial charge on any atom is -0.396 e. The highest BCUT2D eigenvalue weighted by molar-refractivity contribution is 7.10. The Morgan fingerprint density at radius 2 is 2.16 bits per heavy atom. The average molecular weight is 359 g/mol. The average Bonchev–Trinajstić information content (AvgIpc) is 3.22. The molecule has 2 aromatic rings. The number of aliphatic hydroxyl groups is 1. The Morgan fingerprint density at radius 3 is 2.80 bits per heavy atom. The highest BCUT2D eigenvalue weighted by atomic mass is 32.1.